The van der Waals surface area contributed by atoms with E-state index < -0.39 is 11.1 Å². The molecule has 196 valence electrons. The summed E-state index contributed by atoms with van der Waals surface area (Å²) in [5, 5.41) is 19.1. The molecule has 0 aliphatic carbocycles. The number of likely N-dealkylation sites (tertiary alicyclic amines) is 2. The highest BCUT2D eigenvalue weighted by molar-refractivity contribution is 9.10. The monoisotopic (exact) mass is 620 g/mol. The fraction of sp³-hybridized carbons (Fsp3) is 0.429. The summed E-state index contributed by atoms with van der Waals surface area (Å²) in [5.74, 6) is 0.124. The zero-order chi connectivity index (χ0) is 26.3. The standard InChI is InChI=1S/2C14H19BrN2O/c2*1-2-6-17-8-12(9-18)14(16,10-17)11-4-3-5-13(15)7-11/h2*2-5,7,12,18H,1,6,8-10,16H2/t2*12-,14+/m00/s1. The highest BCUT2D eigenvalue weighted by Crippen LogP contribution is 2.36. The fourth-order valence-electron chi connectivity index (χ4n) is 5.37. The van der Waals surface area contributed by atoms with Crippen LogP contribution in [0.25, 0.3) is 0 Å². The molecule has 0 spiro atoms. The molecule has 2 aromatic rings. The number of nitrogens with zero attached hydrogens (tertiary/aromatic N) is 2. The van der Waals surface area contributed by atoms with Crippen LogP contribution in [0.3, 0.4) is 0 Å². The van der Waals surface area contributed by atoms with Crippen LogP contribution in [0.15, 0.2) is 82.8 Å². The van der Waals surface area contributed by atoms with E-state index in [4.69, 9.17) is 11.5 Å². The van der Waals surface area contributed by atoms with Gasteiger partial charge in [0.15, 0.2) is 0 Å². The molecule has 0 amide bonds. The predicted octanol–water partition coefficient (Wildman–Crippen LogP) is 3.43. The summed E-state index contributed by atoms with van der Waals surface area (Å²) < 4.78 is 2.03. The van der Waals surface area contributed by atoms with Gasteiger partial charge in [-0.2, -0.15) is 0 Å². The van der Waals surface area contributed by atoms with Gasteiger partial charge in [0.05, 0.1) is 11.1 Å². The molecule has 0 bridgehead atoms. The molecule has 4 atom stereocenters. The third-order valence-electron chi connectivity index (χ3n) is 7.32. The van der Waals surface area contributed by atoms with E-state index in [1.807, 2.05) is 60.7 Å². The highest BCUT2D eigenvalue weighted by Gasteiger charge is 2.45. The van der Waals surface area contributed by atoms with Crippen molar-refractivity contribution >= 4 is 31.9 Å². The molecule has 2 heterocycles. The molecular formula is C28H38Br2N4O2. The Morgan fingerprint density at radius 2 is 1.19 bits per heavy atom. The third-order valence-corrected chi connectivity index (χ3v) is 8.31. The topological polar surface area (TPSA) is 99.0 Å². The van der Waals surface area contributed by atoms with Gasteiger partial charge in [-0.15, -0.1) is 13.2 Å². The number of aliphatic hydroxyl groups excluding tert-OH is 2. The molecule has 6 N–H and O–H groups in total. The van der Waals surface area contributed by atoms with Gasteiger partial charge in [-0.25, -0.2) is 0 Å². The molecule has 0 aromatic heterocycles. The van der Waals surface area contributed by atoms with Crippen LogP contribution in [-0.4, -0.2) is 72.5 Å². The number of benzene rings is 2. The van der Waals surface area contributed by atoms with Crippen molar-refractivity contribution in [3.8, 4) is 0 Å². The smallest absolute Gasteiger partial charge is 0.0602 e. The maximum absolute atomic E-state index is 9.57. The van der Waals surface area contributed by atoms with Crippen molar-refractivity contribution < 1.29 is 10.2 Å². The number of hydrogen-bond acceptors (Lipinski definition) is 6. The maximum Gasteiger partial charge on any atom is 0.0602 e. The summed E-state index contributed by atoms with van der Waals surface area (Å²) in [6.45, 7) is 12.5. The first-order valence-corrected chi connectivity index (χ1v) is 13.8. The van der Waals surface area contributed by atoms with E-state index >= 15 is 0 Å². The number of halogens is 2. The fourth-order valence-corrected chi connectivity index (χ4v) is 6.17. The van der Waals surface area contributed by atoms with Crippen molar-refractivity contribution in [2.24, 2.45) is 23.3 Å². The summed E-state index contributed by atoms with van der Waals surface area (Å²) in [5.41, 5.74) is 14.3. The lowest BCUT2D eigenvalue weighted by molar-refractivity contribution is 0.185. The Bertz CT molecular complexity index is 957. The third kappa shape index (κ3) is 6.55. The molecule has 2 saturated heterocycles. The first kappa shape index (κ1) is 29.2. The van der Waals surface area contributed by atoms with E-state index in [0.717, 1.165) is 59.3 Å². The van der Waals surface area contributed by atoms with Crippen LogP contribution in [0, 0.1) is 11.8 Å². The Morgan fingerprint density at radius 3 is 1.50 bits per heavy atom. The summed E-state index contributed by atoms with van der Waals surface area (Å²) >= 11 is 6.95. The zero-order valence-electron chi connectivity index (χ0n) is 20.7. The Labute approximate surface area is 231 Å². The summed E-state index contributed by atoms with van der Waals surface area (Å²) in [6, 6.07) is 16.1. The molecule has 0 saturated carbocycles. The van der Waals surface area contributed by atoms with Gasteiger partial charge in [0.25, 0.3) is 0 Å². The van der Waals surface area contributed by atoms with Crippen molar-refractivity contribution in [1.82, 2.24) is 9.80 Å². The van der Waals surface area contributed by atoms with Crippen LogP contribution in [0.2, 0.25) is 0 Å². The lowest BCUT2D eigenvalue weighted by Crippen LogP contribution is -2.45. The molecule has 2 aromatic carbocycles. The van der Waals surface area contributed by atoms with E-state index in [9.17, 15) is 10.2 Å². The Balaban J connectivity index is 0.000000201. The second-order valence-corrected chi connectivity index (χ2v) is 11.7. The summed E-state index contributed by atoms with van der Waals surface area (Å²) in [7, 11) is 0. The van der Waals surface area contributed by atoms with Crippen LogP contribution >= 0.6 is 31.9 Å². The van der Waals surface area contributed by atoms with Crippen LogP contribution in [0.1, 0.15) is 11.1 Å². The minimum Gasteiger partial charge on any atom is -0.396 e. The van der Waals surface area contributed by atoms with Gasteiger partial charge in [0, 0.05) is 73.3 Å². The summed E-state index contributed by atoms with van der Waals surface area (Å²) in [4.78, 5) is 4.46. The van der Waals surface area contributed by atoms with E-state index in [-0.39, 0.29) is 25.0 Å². The average Bonchev–Trinajstić information content (AvgIpc) is 3.37. The van der Waals surface area contributed by atoms with Gasteiger partial charge >= 0.3 is 0 Å². The van der Waals surface area contributed by atoms with Crippen molar-refractivity contribution in [3.05, 3.63) is 93.9 Å². The van der Waals surface area contributed by atoms with E-state index in [0.29, 0.717) is 0 Å². The molecule has 36 heavy (non-hydrogen) atoms. The number of hydrogen-bond donors (Lipinski definition) is 4. The van der Waals surface area contributed by atoms with Gasteiger partial charge in [-0.1, -0.05) is 68.3 Å². The molecule has 8 heteroatoms. The maximum atomic E-state index is 9.57. The van der Waals surface area contributed by atoms with Crippen LogP contribution < -0.4 is 11.5 Å². The molecular weight excluding hydrogens is 584 g/mol. The molecule has 0 unspecified atom stereocenters. The SMILES string of the molecule is C=CCN1C[C@@H](CO)[C@](N)(c2cccc(Br)c2)C1.C=CCN1C[C@@H](CO)[C@](N)(c2cccc(Br)c2)C1. The zero-order valence-corrected chi connectivity index (χ0v) is 23.9. The van der Waals surface area contributed by atoms with E-state index in [2.05, 4.69) is 54.8 Å². The first-order valence-electron chi connectivity index (χ1n) is 12.2. The normalized spacial score (nSPS) is 28.5. The number of rotatable bonds is 8. The molecule has 4 rings (SSSR count). The van der Waals surface area contributed by atoms with Gasteiger partial charge in [0.1, 0.15) is 0 Å². The minimum absolute atomic E-state index is 0.0618. The Kier molecular flexibility index (Phi) is 10.5. The quantitative estimate of drug-likeness (QED) is 0.337. The minimum atomic E-state index is -0.485. The van der Waals surface area contributed by atoms with Crippen molar-refractivity contribution in [1.29, 1.82) is 0 Å². The molecule has 0 radical (unpaired) electrons. The second kappa shape index (κ2) is 12.9. The van der Waals surface area contributed by atoms with Crippen molar-refractivity contribution in [2.75, 3.05) is 52.5 Å². The molecule has 2 fully saturated rings. The van der Waals surface area contributed by atoms with Gasteiger partial charge in [0.2, 0.25) is 0 Å². The first-order chi connectivity index (χ1) is 17.2. The van der Waals surface area contributed by atoms with Crippen LogP contribution in [-0.2, 0) is 11.1 Å². The predicted molar refractivity (Wildman–Crippen MR) is 154 cm³/mol. The van der Waals surface area contributed by atoms with Crippen LogP contribution in [0.5, 0.6) is 0 Å². The van der Waals surface area contributed by atoms with Crippen molar-refractivity contribution in [3.63, 3.8) is 0 Å². The highest BCUT2D eigenvalue weighted by atomic mass is 79.9. The van der Waals surface area contributed by atoms with Crippen LogP contribution in [0.4, 0.5) is 0 Å². The average molecular weight is 622 g/mol. The van der Waals surface area contributed by atoms with E-state index in [1.165, 1.54) is 0 Å². The number of aliphatic hydroxyl groups is 2. The largest absolute Gasteiger partial charge is 0.396 e. The Morgan fingerprint density at radius 1 is 0.806 bits per heavy atom. The van der Waals surface area contributed by atoms with Gasteiger partial charge in [-0.05, 0) is 35.4 Å². The van der Waals surface area contributed by atoms with Gasteiger partial charge in [-0.3, -0.25) is 9.80 Å². The Hall–Kier alpha value is -1.36. The van der Waals surface area contributed by atoms with E-state index in [1.54, 1.807) is 0 Å². The lowest BCUT2D eigenvalue weighted by Gasteiger charge is -2.30. The molecule has 2 aliphatic rings. The molecule has 2 aliphatic heterocycles. The lowest BCUT2D eigenvalue weighted by atomic mass is 9.82. The summed E-state index contributed by atoms with van der Waals surface area (Å²) in [6.07, 6.45) is 3.75. The second-order valence-electron chi connectivity index (χ2n) is 9.83. The molecule has 6 nitrogen and oxygen atoms in total. The van der Waals surface area contributed by atoms with Gasteiger partial charge < -0.3 is 21.7 Å². The van der Waals surface area contributed by atoms with Crippen molar-refractivity contribution in [2.45, 2.75) is 11.1 Å². The number of nitrogens with two attached hydrogens (primary N) is 2.